The van der Waals surface area contributed by atoms with Gasteiger partial charge in [-0.1, -0.05) is 19.9 Å². The van der Waals surface area contributed by atoms with E-state index in [1.807, 2.05) is 13.8 Å². The Hall–Kier alpha value is -1.42. The molecule has 1 rings (SSSR count). The van der Waals surface area contributed by atoms with Crippen molar-refractivity contribution < 1.29 is 13.9 Å². The van der Waals surface area contributed by atoms with Crippen molar-refractivity contribution in [3.8, 4) is 0 Å². The first-order chi connectivity index (χ1) is 8.40. The van der Waals surface area contributed by atoms with E-state index in [4.69, 9.17) is 4.74 Å². The molecule has 0 fully saturated rings. The number of hydrogen-bond acceptors (Lipinski definition) is 2. The second kappa shape index (κ2) is 6.50. The van der Waals surface area contributed by atoms with Gasteiger partial charge in [-0.2, -0.15) is 0 Å². The van der Waals surface area contributed by atoms with Crippen LogP contribution in [-0.4, -0.2) is 18.6 Å². The minimum atomic E-state index is -0.590. The lowest BCUT2D eigenvalue weighted by molar-refractivity contribution is -0.126. The van der Waals surface area contributed by atoms with E-state index in [1.165, 1.54) is 6.07 Å². The van der Waals surface area contributed by atoms with Gasteiger partial charge in [0.15, 0.2) is 0 Å². The Kier molecular flexibility index (Phi) is 5.28. The van der Waals surface area contributed by atoms with Crippen LogP contribution in [0.2, 0.25) is 0 Å². The lowest BCUT2D eigenvalue weighted by Gasteiger charge is -2.15. The highest BCUT2D eigenvalue weighted by molar-refractivity contribution is 5.94. The van der Waals surface area contributed by atoms with Crippen LogP contribution in [0.5, 0.6) is 0 Å². The standard InChI is InChI=1S/C14H20FNO2/c1-9(2)8-18-11(4)14(17)16-13-6-5-10(3)7-12(13)15/h5-7,9,11H,8H2,1-4H3,(H,16,17). The van der Waals surface area contributed by atoms with Crippen molar-refractivity contribution >= 4 is 11.6 Å². The highest BCUT2D eigenvalue weighted by Crippen LogP contribution is 2.15. The summed E-state index contributed by atoms with van der Waals surface area (Å²) in [6.45, 7) is 7.96. The van der Waals surface area contributed by atoms with Crippen LogP contribution in [0.25, 0.3) is 0 Å². The second-order valence-corrected chi connectivity index (χ2v) is 4.84. The minimum Gasteiger partial charge on any atom is -0.368 e. The number of nitrogens with one attached hydrogen (secondary N) is 1. The fraction of sp³-hybridized carbons (Fsp3) is 0.500. The van der Waals surface area contributed by atoms with Crippen molar-refractivity contribution in [2.75, 3.05) is 11.9 Å². The topological polar surface area (TPSA) is 38.3 Å². The summed E-state index contributed by atoms with van der Waals surface area (Å²) in [7, 11) is 0. The summed E-state index contributed by atoms with van der Waals surface area (Å²) in [5.41, 5.74) is 1.00. The molecule has 1 atom stereocenters. The third kappa shape index (κ3) is 4.45. The summed E-state index contributed by atoms with van der Waals surface area (Å²) in [5.74, 6) is -0.408. The molecular formula is C14H20FNO2. The molecule has 100 valence electrons. The Labute approximate surface area is 107 Å². The van der Waals surface area contributed by atoms with Crippen molar-refractivity contribution in [3.63, 3.8) is 0 Å². The van der Waals surface area contributed by atoms with Crippen molar-refractivity contribution in [2.45, 2.75) is 33.8 Å². The van der Waals surface area contributed by atoms with E-state index in [2.05, 4.69) is 5.32 Å². The number of halogens is 1. The third-order valence-corrected chi connectivity index (χ3v) is 2.43. The van der Waals surface area contributed by atoms with Crippen LogP contribution in [0.15, 0.2) is 18.2 Å². The van der Waals surface area contributed by atoms with Crippen molar-refractivity contribution in [3.05, 3.63) is 29.6 Å². The predicted molar refractivity (Wildman–Crippen MR) is 70.0 cm³/mol. The average Bonchev–Trinajstić information content (AvgIpc) is 2.29. The van der Waals surface area contributed by atoms with Gasteiger partial charge in [-0.05, 0) is 37.5 Å². The van der Waals surface area contributed by atoms with Crippen molar-refractivity contribution in [1.82, 2.24) is 0 Å². The van der Waals surface area contributed by atoms with E-state index in [9.17, 15) is 9.18 Å². The number of hydrogen-bond donors (Lipinski definition) is 1. The zero-order valence-corrected chi connectivity index (χ0v) is 11.3. The van der Waals surface area contributed by atoms with Crippen LogP contribution < -0.4 is 5.32 Å². The average molecular weight is 253 g/mol. The zero-order valence-electron chi connectivity index (χ0n) is 11.3. The monoisotopic (exact) mass is 253 g/mol. The zero-order chi connectivity index (χ0) is 13.7. The molecule has 0 aliphatic carbocycles. The number of amides is 1. The fourth-order valence-electron chi connectivity index (χ4n) is 1.37. The molecule has 0 aromatic heterocycles. The van der Waals surface area contributed by atoms with Crippen LogP contribution in [0, 0.1) is 18.7 Å². The largest absolute Gasteiger partial charge is 0.368 e. The summed E-state index contributed by atoms with van der Waals surface area (Å²) >= 11 is 0. The van der Waals surface area contributed by atoms with E-state index in [0.29, 0.717) is 12.5 Å². The molecule has 0 radical (unpaired) electrons. The molecule has 0 spiro atoms. The molecule has 1 aromatic carbocycles. The van der Waals surface area contributed by atoms with E-state index in [0.717, 1.165) is 5.56 Å². The highest BCUT2D eigenvalue weighted by Gasteiger charge is 2.15. The predicted octanol–water partition coefficient (Wildman–Crippen LogP) is 3.13. The molecular weight excluding hydrogens is 233 g/mol. The lowest BCUT2D eigenvalue weighted by atomic mass is 10.2. The maximum atomic E-state index is 13.5. The Morgan fingerprint density at radius 2 is 2.06 bits per heavy atom. The summed E-state index contributed by atoms with van der Waals surface area (Å²) in [5, 5.41) is 2.52. The molecule has 0 bridgehead atoms. The number of carbonyl (C=O) groups excluding carboxylic acids is 1. The maximum Gasteiger partial charge on any atom is 0.253 e. The van der Waals surface area contributed by atoms with Crippen molar-refractivity contribution in [2.24, 2.45) is 5.92 Å². The van der Waals surface area contributed by atoms with Gasteiger partial charge in [-0.25, -0.2) is 4.39 Å². The number of anilines is 1. The molecule has 1 unspecified atom stereocenters. The lowest BCUT2D eigenvalue weighted by Crippen LogP contribution is -2.29. The van der Waals surface area contributed by atoms with Gasteiger partial charge in [-0.15, -0.1) is 0 Å². The molecule has 1 N–H and O–H groups in total. The third-order valence-electron chi connectivity index (χ3n) is 2.43. The first-order valence-electron chi connectivity index (χ1n) is 6.08. The van der Waals surface area contributed by atoms with Crippen LogP contribution >= 0.6 is 0 Å². The van der Waals surface area contributed by atoms with Gasteiger partial charge < -0.3 is 10.1 Å². The SMILES string of the molecule is Cc1ccc(NC(=O)C(C)OCC(C)C)c(F)c1. The first kappa shape index (κ1) is 14.6. The number of rotatable bonds is 5. The first-order valence-corrected chi connectivity index (χ1v) is 6.08. The van der Waals surface area contributed by atoms with E-state index < -0.39 is 11.9 Å². The van der Waals surface area contributed by atoms with Crippen LogP contribution in [-0.2, 0) is 9.53 Å². The quantitative estimate of drug-likeness (QED) is 0.875. The summed E-state index contributed by atoms with van der Waals surface area (Å²) in [4.78, 5) is 11.8. The van der Waals surface area contributed by atoms with E-state index >= 15 is 0 Å². The molecule has 4 heteroatoms. The molecule has 0 aliphatic heterocycles. The fourth-order valence-corrected chi connectivity index (χ4v) is 1.37. The van der Waals surface area contributed by atoms with Crippen LogP contribution in [0.1, 0.15) is 26.3 Å². The van der Waals surface area contributed by atoms with Gasteiger partial charge in [0, 0.05) is 6.61 Å². The Balaban J connectivity index is 2.58. The van der Waals surface area contributed by atoms with Crippen LogP contribution in [0.3, 0.4) is 0 Å². The Morgan fingerprint density at radius 3 is 2.61 bits per heavy atom. The number of carbonyl (C=O) groups is 1. The van der Waals surface area contributed by atoms with Gasteiger partial charge in [-0.3, -0.25) is 4.79 Å². The van der Waals surface area contributed by atoms with E-state index in [-0.39, 0.29) is 11.6 Å². The molecule has 1 amide bonds. The normalized spacial score (nSPS) is 12.6. The minimum absolute atomic E-state index is 0.186. The molecule has 1 aromatic rings. The Bertz CT molecular complexity index is 418. The smallest absolute Gasteiger partial charge is 0.253 e. The van der Waals surface area contributed by atoms with Gasteiger partial charge in [0.05, 0.1) is 5.69 Å². The summed E-state index contributed by atoms with van der Waals surface area (Å²) < 4.78 is 18.9. The molecule has 0 aliphatic rings. The van der Waals surface area contributed by atoms with Gasteiger partial charge in [0.2, 0.25) is 0 Å². The maximum absolute atomic E-state index is 13.5. The van der Waals surface area contributed by atoms with Gasteiger partial charge >= 0.3 is 0 Å². The highest BCUT2D eigenvalue weighted by atomic mass is 19.1. The van der Waals surface area contributed by atoms with Crippen molar-refractivity contribution in [1.29, 1.82) is 0 Å². The number of aryl methyl sites for hydroxylation is 1. The van der Waals surface area contributed by atoms with Crippen LogP contribution in [0.4, 0.5) is 10.1 Å². The summed E-state index contributed by atoms with van der Waals surface area (Å²) in [6, 6.07) is 4.69. The molecule has 0 saturated heterocycles. The summed E-state index contributed by atoms with van der Waals surface area (Å²) in [6.07, 6.45) is -0.590. The molecule has 18 heavy (non-hydrogen) atoms. The molecule has 3 nitrogen and oxygen atoms in total. The number of benzene rings is 1. The number of ether oxygens (including phenoxy) is 1. The molecule has 0 saturated carbocycles. The van der Waals surface area contributed by atoms with Gasteiger partial charge in [0.25, 0.3) is 5.91 Å². The molecule has 0 heterocycles. The Morgan fingerprint density at radius 1 is 1.39 bits per heavy atom. The van der Waals surface area contributed by atoms with E-state index in [1.54, 1.807) is 26.0 Å². The second-order valence-electron chi connectivity index (χ2n) is 4.84. The van der Waals surface area contributed by atoms with Gasteiger partial charge in [0.1, 0.15) is 11.9 Å².